The van der Waals surface area contributed by atoms with Crippen molar-refractivity contribution < 1.29 is 0 Å². The van der Waals surface area contributed by atoms with Crippen molar-refractivity contribution in [3.05, 3.63) is 18.2 Å². The van der Waals surface area contributed by atoms with E-state index in [0.29, 0.717) is 12.5 Å². The number of rotatable bonds is 2. The molecule has 2 N–H and O–H groups in total. The van der Waals surface area contributed by atoms with Crippen LogP contribution < -0.4 is 5.73 Å². The number of nitrogens with two attached hydrogens (primary N) is 1. The van der Waals surface area contributed by atoms with Crippen molar-refractivity contribution in [2.45, 2.75) is 39.2 Å². The SMILES string of the molecule is CC(CN)c1cncn1C(C)(C)C. The minimum atomic E-state index is 0.0925. The van der Waals surface area contributed by atoms with Crippen LogP contribution in [0.3, 0.4) is 0 Å². The summed E-state index contributed by atoms with van der Waals surface area (Å²) < 4.78 is 2.19. The number of hydrogen-bond acceptors (Lipinski definition) is 2. The Balaban J connectivity index is 3.03. The Kier molecular flexibility index (Phi) is 2.76. The van der Waals surface area contributed by atoms with E-state index in [2.05, 4.69) is 37.2 Å². The fourth-order valence-corrected chi connectivity index (χ4v) is 1.35. The number of nitrogens with zero attached hydrogens (tertiary/aromatic N) is 2. The van der Waals surface area contributed by atoms with Gasteiger partial charge in [0.05, 0.1) is 6.33 Å². The molecule has 0 fully saturated rings. The molecular formula is C10H19N3. The van der Waals surface area contributed by atoms with Gasteiger partial charge in [-0.1, -0.05) is 6.92 Å². The minimum Gasteiger partial charge on any atom is -0.330 e. The quantitative estimate of drug-likeness (QED) is 0.754. The molecule has 13 heavy (non-hydrogen) atoms. The van der Waals surface area contributed by atoms with E-state index in [9.17, 15) is 0 Å². The normalized spacial score (nSPS) is 14.5. The van der Waals surface area contributed by atoms with Crippen LogP contribution in [0.5, 0.6) is 0 Å². The number of imidazole rings is 1. The standard InChI is InChI=1S/C10H19N3/c1-8(5-11)9-6-12-7-13(9)10(2,3)4/h6-8H,5,11H2,1-4H3. The zero-order chi connectivity index (χ0) is 10.1. The van der Waals surface area contributed by atoms with Crippen molar-refractivity contribution in [1.29, 1.82) is 0 Å². The fraction of sp³-hybridized carbons (Fsp3) is 0.700. The van der Waals surface area contributed by atoms with Crippen LogP contribution in [0.1, 0.15) is 39.3 Å². The molecule has 0 bridgehead atoms. The van der Waals surface area contributed by atoms with E-state index in [1.807, 2.05) is 12.5 Å². The third kappa shape index (κ3) is 2.10. The fourth-order valence-electron chi connectivity index (χ4n) is 1.35. The zero-order valence-corrected chi connectivity index (χ0v) is 8.91. The lowest BCUT2D eigenvalue weighted by molar-refractivity contribution is 0.377. The average Bonchev–Trinajstić information content (AvgIpc) is 2.49. The van der Waals surface area contributed by atoms with Crippen LogP contribution in [-0.2, 0) is 5.54 Å². The van der Waals surface area contributed by atoms with Gasteiger partial charge in [0.1, 0.15) is 0 Å². The lowest BCUT2D eigenvalue weighted by atomic mass is 10.0. The molecule has 0 saturated carbocycles. The highest BCUT2D eigenvalue weighted by atomic mass is 15.1. The monoisotopic (exact) mass is 181 g/mol. The Hall–Kier alpha value is -0.830. The highest BCUT2D eigenvalue weighted by Crippen LogP contribution is 2.21. The Bertz CT molecular complexity index is 270. The van der Waals surface area contributed by atoms with Crippen molar-refractivity contribution in [1.82, 2.24) is 9.55 Å². The van der Waals surface area contributed by atoms with Gasteiger partial charge in [0.2, 0.25) is 0 Å². The second kappa shape index (κ2) is 3.50. The molecule has 1 heterocycles. The van der Waals surface area contributed by atoms with Crippen LogP contribution in [-0.4, -0.2) is 16.1 Å². The number of aromatic nitrogens is 2. The van der Waals surface area contributed by atoms with Gasteiger partial charge in [-0.25, -0.2) is 4.98 Å². The molecule has 0 aliphatic carbocycles. The van der Waals surface area contributed by atoms with Crippen molar-refractivity contribution in [2.24, 2.45) is 5.73 Å². The van der Waals surface area contributed by atoms with Gasteiger partial charge in [-0.05, 0) is 20.8 Å². The van der Waals surface area contributed by atoms with E-state index in [-0.39, 0.29) is 5.54 Å². The van der Waals surface area contributed by atoms with Crippen LogP contribution in [0.25, 0.3) is 0 Å². The largest absolute Gasteiger partial charge is 0.330 e. The van der Waals surface area contributed by atoms with Crippen molar-refractivity contribution in [2.75, 3.05) is 6.54 Å². The minimum absolute atomic E-state index is 0.0925. The van der Waals surface area contributed by atoms with E-state index >= 15 is 0 Å². The third-order valence-electron chi connectivity index (χ3n) is 2.25. The number of hydrogen-bond donors (Lipinski definition) is 1. The molecule has 1 unspecified atom stereocenters. The first kappa shape index (κ1) is 10.3. The first-order valence-corrected chi connectivity index (χ1v) is 4.69. The lowest BCUT2D eigenvalue weighted by Gasteiger charge is -2.25. The molecule has 74 valence electrons. The van der Waals surface area contributed by atoms with Crippen LogP contribution in [0, 0.1) is 0 Å². The first-order chi connectivity index (χ1) is 5.96. The smallest absolute Gasteiger partial charge is 0.0953 e. The van der Waals surface area contributed by atoms with E-state index in [1.165, 1.54) is 5.69 Å². The lowest BCUT2D eigenvalue weighted by Crippen LogP contribution is -2.25. The molecule has 3 nitrogen and oxygen atoms in total. The third-order valence-corrected chi connectivity index (χ3v) is 2.25. The first-order valence-electron chi connectivity index (χ1n) is 4.69. The molecule has 0 radical (unpaired) electrons. The molecule has 0 amide bonds. The van der Waals surface area contributed by atoms with Gasteiger partial charge in [0, 0.05) is 29.9 Å². The second-order valence-corrected chi connectivity index (χ2v) is 4.50. The van der Waals surface area contributed by atoms with Crippen molar-refractivity contribution in [3.8, 4) is 0 Å². The topological polar surface area (TPSA) is 43.8 Å². The predicted octanol–water partition coefficient (Wildman–Crippen LogP) is 1.70. The van der Waals surface area contributed by atoms with Crippen LogP contribution >= 0.6 is 0 Å². The van der Waals surface area contributed by atoms with Crippen molar-refractivity contribution in [3.63, 3.8) is 0 Å². The van der Waals surface area contributed by atoms with Gasteiger partial charge >= 0.3 is 0 Å². The second-order valence-electron chi connectivity index (χ2n) is 4.50. The maximum atomic E-state index is 5.63. The van der Waals surface area contributed by atoms with Crippen molar-refractivity contribution >= 4 is 0 Å². The van der Waals surface area contributed by atoms with E-state index in [0.717, 1.165) is 0 Å². The molecule has 0 aliphatic heterocycles. The van der Waals surface area contributed by atoms with Crippen LogP contribution in [0.2, 0.25) is 0 Å². The molecule has 0 aromatic carbocycles. The summed E-state index contributed by atoms with van der Waals surface area (Å²) in [5, 5.41) is 0. The Morgan fingerprint density at radius 3 is 2.62 bits per heavy atom. The van der Waals surface area contributed by atoms with Gasteiger partial charge in [-0.2, -0.15) is 0 Å². The van der Waals surface area contributed by atoms with E-state index < -0.39 is 0 Å². The summed E-state index contributed by atoms with van der Waals surface area (Å²) in [6.07, 6.45) is 3.78. The summed E-state index contributed by atoms with van der Waals surface area (Å²) in [5.41, 5.74) is 6.94. The average molecular weight is 181 g/mol. The Labute approximate surface area is 80.0 Å². The maximum absolute atomic E-state index is 5.63. The molecule has 3 heteroatoms. The summed E-state index contributed by atoms with van der Waals surface area (Å²) in [6, 6.07) is 0. The molecule has 1 aromatic heterocycles. The molecule has 0 spiro atoms. The van der Waals surface area contributed by atoms with Gasteiger partial charge in [-0.15, -0.1) is 0 Å². The molecule has 0 saturated heterocycles. The zero-order valence-electron chi connectivity index (χ0n) is 8.91. The summed E-state index contributed by atoms with van der Waals surface area (Å²) in [7, 11) is 0. The highest BCUT2D eigenvalue weighted by Gasteiger charge is 2.18. The summed E-state index contributed by atoms with van der Waals surface area (Å²) in [6.45, 7) is 9.30. The van der Waals surface area contributed by atoms with Gasteiger partial charge in [0.15, 0.2) is 0 Å². The maximum Gasteiger partial charge on any atom is 0.0953 e. The molecular weight excluding hydrogens is 162 g/mol. The van der Waals surface area contributed by atoms with E-state index in [4.69, 9.17) is 5.73 Å². The van der Waals surface area contributed by atoms with Gasteiger partial charge in [-0.3, -0.25) is 0 Å². The summed E-state index contributed by atoms with van der Waals surface area (Å²) in [4.78, 5) is 4.17. The van der Waals surface area contributed by atoms with Gasteiger partial charge in [0.25, 0.3) is 0 Å². The summed E-state index contributed by atoms with van der Waals surface area (Å²) >= 11 is 0. The Morgan fingerprint density at radius 1 is 1.54 bits per heavy atom. The van der Waals surface area contributed by atoms with Crippen LogP contribution in [0.15, 0.2) is 12.5 Å². The molecule has 1 atom stereocenters. The summed E-state index contributed by atoms with van der Waals surface area (Å²) in [5.74, 6) is 0.377. The highest BCUT2D eigenvalue weighted by molar-refractivity contribution is 5.08. The van der Waals surface area contributed by atoms with Gasteiger partial charge < -0.3 is 10.3 Å². The van der Waals surface area contributed by atoms with E-state index in [1.54, 1.807) is 0 Å². The predicted molar refractivity (Wildman–Crippen MR) is 54.7 cm³/mol. The molecule has 0 aliphatic rings. The van der Waals surface area contributed by atoms with Crippen LogP contribution in [0.4, 0.5) is 0 Å². The molecule has 1 rings (SSSR count). The Morgan fingerprint density at radius 2 is 2.15 bits per heavy atom. The molecule has 1 aromatic rings.